The van der Waals surface area contributed by atoms with Gasteiger partial charge in [-0.2, -0.15) is 0 Å². The second-order valence-corrected chi connectivity index (χ2v) is 7.20. The fourth-order valence-corrected chi connectivity index (χ4v) is 3.11. The number of ketones is 1. The van der Waals surface area contributed by atoms with Crippen molar-refractivity contribution < 1.29 is 24.5 Å². The van der Waals surface area contributed by atoms with E-state index in [4.69, 9.17) is 14.6 Å². The molecule has 0 unspecified atom stereocenters. The van der Waals surface area contributed by atoms with Crippen LogP contribution in [0.4, 0.5) is 0 Å². The highest BCUT2D eigenvalue weighted by Crippen LogP contribution is 2.35. The molecule has 0 bridgehead atoms. The second-order valence-electron chi connectivity index (χ2n) is 7.20. The van der Waals surface area contributed by atoms with Crippen LogP contribution in [0.25, 0.3) is 6.08 Å². The second kappa shape index (κ2) is 8.86. The standard InChI is InChI=1S/C21H27NO5/c1-21(2)12-15(22-9-10-23)20(17(25)13-21)16(24)7-5-14-6-8-18(26-3)19(11-14)27-4/h5-8,11,23-24H,9-10,12-13H2,1-4H3/b7-5+,20-16?,22-15?. The molecule has 0 atom stereocenters. The van der Waals surface area contributed by atoms with Crippen LogP contribution in [-0.4, -0.2) is 49.1 Å². The Morgan fingerprint density at radius 3 is 2.56 bits per heavy atom. The summed E-state index contributed by atoms with van der Waals surface area (Å²) in [4.78, 5) is 16.9. The average Bonchev–Trinajstić information content (AvgIpc) is 2.62. The van der Waals surface area contributed by atoms with E-state index < -0.39 is 0 Å². The molecule has 27 heavy (non-hydrogen) atoms. The summed E-state index contributed by atoms with van der Waals surface area (Å²) in [5.74, 6) is 0.923. The zero-order valence-corrected chi connectivity index (χ0v) is 16.3. The van der Waals surface area contributed by atoms with Gasteiger partial charge in [-0.15, -0.1) is 0 Å². The van der Waals surface area contributed by atoms with Crippen LogP contribution >= 0.6 is 0 Å². The number of rotatable bonds is 6. The lowest BCUT2D eigenvalue weighted by Crippen LogP contribution is -2.32. The molecule has 1 aliphatic rings. The zero-order valence-electron chi connectivity index (χ0n) is 16.3. The Morgan fingerprint density at radius 2 is 1.93 bits per heavy atom. The van der Waals surface area contributed by atoms with Crippen molar-refractivity contribution >= 4 is 17.6 Å². The van der Waals surface area contributed by atoms with Crippen molar-refractivity contribution in [2.75, 3.05) is 27.4 Å². The molecule has 1 aromatic rings. The van der Waals surface area contributed by atoms with E-state index in [9.17, 15) is 9.90 Å². The number of aliphatic imine (C=N–C) groups is 1. The fraction of sp³-hybridized carbons (Fsp3) is 0.429. The van der Waals surface area contributed by atoms with E-state index >= 15 is 0 Å². The van der Waals surface area contributed by atoms with E-state index in [1.54, 1.807) is 32.4 Å². The summed E-state index contributed by atoms with van der Waals surface area (Å²) in [5, 5.41) is 19.6. The molecule has 0 radical (unpaired) electrons. The molecule has 2 rings (SSSR count). The molecule has 6 heteroatoms. The summed E-state index contributed by atoms with van der Waals surface area (Å²) in [7, 11) is 3.12. The van der Waals surface area contributed by atoms with Crippen molar-refractivity contribution in [1.82, 2.24) is 0 Å². The number of carbonyl (C=O) groups is 1. The quantitative estimate of drug-likeness (QED) is 0.590. The highest BCUT2D eigenvalue weighted by atomic mass is 16.5. The van der Waals surface area contributed by atoms with Gasteiger partial charge < -0.3 is 19.7 Å². The molecule has 1 fully saturated rings. The minimum absolute atomic E-state index is 0.104. The molecule has 0 aliphatic heterocycles. The van der Waals surface area contributed by atoms with Gasteiger partial charge in [0, 0.05) is 12.1 Å². The number of hydrogen-bond donors (Lipinski definition) is 2. The van der Waals surface area contributed by atoms with Crippen molar-refractivity contribution in [3.8, 4) is 11.5 Å². The predicted octanol–water partition coefficient (Wildman–Crippen LogP) is 3.35. The number of ether oxygens (including phenoxy) is 2. The Kier molecular flexibility index (Phi) is 6.80. The molecule has 0 aromatic heterocycles. The maximum absolute atomic E-state index is 12.6. The SMILES string of the molecule is COc1ccc(/C=C/C(O)=C2C(=O)CC(C)(C)CC2=NCCO)cc1OC. The summed E-state index contributed by atoms with van der Waals surface area (Å²) in [6.07, 6.45) is 4.10. The van der Waals surface area contributed by atoms with E-state index in [-0.39, 0.29) is 35.7 Å². The van der Waals surface area contributed by atoms with Gasteiger partial charge in [0.1, 0.15) is 5.76 Å². The summed E-state index contributed by atoms with van der Waals surface area (Å²) < 4.78 is 10.5. The first-order chi connectivity index (χ1) is 12.8. The molecule has 2 N–H and O–H groups in total. The van der Waals surface area contributed by atoms with Gasteiger partial charge in [0.05, 0.1) is 32.9 Å². The molecule has 146 valence electrons. The molecule has 0 saturated heterocycles. The number of aliphatic hydroxyl groups is 2. The predicted molar refractivity (Wildman–Crippen MR) is 106 cm³/mol. The lowest BCUT2D eigenvalue weighted by Gasteiger charge is -2.31. The topological polar surface area (TPSA) is 88.4 Å². The Balaban J connectivity index is 2.36. The number of Topliss-reactive ketones (excluding diaryl/α,β-unsaturated/α-hetero) is 1. The molecule has 1 aliphatic carbocycles. The van der Waals surface area contributed by atoms with Gasteiger partial charge in [-0.05, 0) is 35.6 Å². The molecular formula is C21H27NO5. The molecule has 0 spiro atoms. The van der Waals surface area contributed by atoms with Gasteiger partial charge in [-0.25, -0.2) is 0 Å². The summed E-state index contributed by atoms with van der Waals surface area (Å²) in [5.41, 5.74) is 1.35. The Morgan fingerprint density at radius 1 is 1.22 bits per heavy atom. The highest BCUT2D eigenvalue weighted by molar-refractivity contribution is 6.25. The maximum Gasteiger partial charge on any atom is 0.168 e. The lowest BCUT2D eigenvalue weighted by molar-refractivity contribution is -0.117. The smallest absolute Gasteiger partial charge is 0.168 e. The summed E-state index contributed by atoms with van der Waals surface area (Å²) in [6.45, 7) is 4.09. The molecule has 0 amide bonds. The number of methoxy groups -OCH3 is 2. The molecular weight excluding hydrogens is 346 g/mol. The van der Waals surface area contributed by atoms with Crippen molar-refractivity contribution in [1.29, 1.82) is 0 Å². The molecule has 6 nitrogen and oxygen atoms in total. The van der Waals surface area contributed by atoms with E-state index in [0.29, 0.717) is 30.1 Å². The monoisotopic (exact) mass is 373 g/mol. The van der Waals surface area contributed by atoms with Crippen LogP contribution in [-0.2, 0) is 4.79 Å². The van der Waals surface area contributed by atoms with Crippen LogP contribution in [0.2, 0.25) is 0 Å². The summed E-state index contributed by atoms with van der Waals surface area (Å²) >= 11 is 0. The van der Waals surface area contributed by atoms with E-state index in [1.165, 1.54) is 6.08 Å². The largest absolute Gasteiger partial charge is 0.507 e. The summed E-state index contributed by atoms with van der Waals surface area (Å²) in [6, 6.07) is 5.37. The van der Waals surface area contributed by atoms with Gasteiger partial charge in [0.25, 0.3) is 0 Å². The van der Waals surface area contributed by atoms with Gasteiger partial charge in [0.15, 0.2) is 17.3 Å². The Hall–Kier alpha value is -2.60. The lowest BCUT2D eigenvalue weighted by atomic mass is 9.73. The normalized spacial score (nSPS) is 20.2. The highest BCUT2D eigenvalue weighted by Gasteiger charge is 2.35. The van der Waals surface area contributed by atoms with E-state index in [1.807, 2.05) is 19.9 Å². The van der Waals surface area contributed by atoms with Crippen molar-refractivity contribution in [3.63, 3.8) is 0 Å². The van der Waals surface area contributed by atoms with Crippen molar-refractivity contribution in [2.24, 2.45) is 10.4 Å². The van der Waals surface area contributed by atoms with Crippen LogP contribution in [0.1, 0.15) is 32.3 Å². The van der Waals surface area contributed by atoms with Gasteiger partial charge in [0.2, 0.25) is 0 Å². The first kappa shape index (κ1) is 20.7. The number of allylic oxidation sites excluding steroid dienone is 2. The first-order valence-electron chi connectivity index (χ1n) is 8.82. The zero-order chi connectivity index (χ0) is 20.0. The van der Waals surface area contributed by atoms with Crippen LogP contribution in [0, 0.1) is 5.41 Å². The number of hydrogen-bond acceptors (Lipinski definition) is 6. The van der Waals surface area contributed by atoms with Crippen molar-refractivity contribution in [3.05, 3.63) is 41.2 Å². The van der Waals surface area contributed by atoms with Crippen LogP contribution in [0.5, 0.6) is 11.5 Å². The van der Waals surface area contributed by atoms with Gasteiger partial charge >= 0.3 is 0 Å². The maximum atomic E-state index is 12.6. The first-order valence-corrected chi connectivity index (χ1v) is 8.82. The van der Waals surface area contributed by atoms with E-state index in [0.717, 1.165) is 5.56 Å². The molecule has 0 heterocycles. The third-order valence-corrected chi connectivity index (χ3v) is 4.35. The van der Waals surface area contributed by atoms with Gasteiger partial charge in [-0.3, -0.25) is 9.79 Å². The fourth-order valence-electron chi connectivity index (χ4n) is 3.11. The van der Waals surface area contributed by atoms with Gasteiger partial charge in [-0.1, -0.05) is 26.0 Å². The number of aliphatic hydroxyl groups excluding tert-OH is 2. The molecule has 1 aromatic carbocycles. The third-order valence-electron chi connectivity index (χ3n) is 4.35. The number of nitrogens with zero attached hydrogens (tertiary/aromatic N) is 1. The van der Waals surface area contributed by atoms with Crippen LogP contribution in [0.15, 0.2) is 40.6 Å². The van der Waals surface area contributed by atoms with E-state index in [2.05, 4.69) is 4.99 Å². The third kappa shape index (κ3) is 5.20. The molecule has 1 saturated carbocycles. The number of carbonyl (C=O) groups excluding carboxylic acids is 1. The van der Waals surface area contributed by atoms with Crippen LogP contribution in [0.3, 0.4) is 0 Å². The average molecular weight is 373 g/mol. The minimum atomic E-state index is -0.220. The van der Waals surface area contributed by atoms with Crippen LogP contribution < -0.4 is 9.47 Å². The van der Waals surface area contributed by atoms with Crippen molar-refractivity contribution in [2.45, 2.75) is 26.7 Å². The number of benzene rings is 1. The Bertz CT molecular complexity index is 790. The Labute approximate surface area is 159 Å². The minimum Gasteiger partial charge on any atom is -0.507 e.